The predicted molar refractivity (Wildman–Crippen MR) is 61.9 cm³/mol. The highest BCUT2D eigenvalue weighted by Gasteiger charge is 2.19. The second-order valence-electron chi connectivity index (χ2n) is 3.33. The molecule has 6 heteroatoms. The molecule has 0 saturated carbocycles. The van der Waals surface area contributed by atoms with Crippen LogP contribution in [0.3, 0.4) is 0 Å². The summed E-state index contributed by atoms with van der Waals surface area (Å²) in [7, 11) is 1.60. The van der Waals surface area contributed by atoms with Crippen LogP contribution in [0.5, 0.6) is 0 Å². The van der Waals surface area contributed by atoms with Gasteiger partial charge in [-0.3, -0.25) is 9.59 Å². The standard InChI is InChI=1S/C10H16N2O4/c1-16-6-2-3-11-7-8(12-4-5-13)10(15)9(7)14/h11-13H,2-6H2,1H3. The summed E-state index contributed by atoms with van der Waals surface area (Å²) in [6, 6.07) is 0. The molecule has 0 heterocycles. The Morgan fingerprint density at radius 3 is 2.19 bits per heavy atom. The van der Waals surface area contributed by atoms with E-state index in [1.807, 2.05) is 0 Å². The summed E-state index contributed by atoms with van der Waals surface area (Å²) in [5.74, 6) is 0. The first-order chi connectivity index (χ1) is 7.72. The van der Waals surface area contributed by atoms with Crippen LogP contribution in [-0.2, 0) is 4.74 Å². The molecule has 0 bridgehead atoms. The van der Waals surface area contributed by atoms with Gasteiger partial charge in [0.2, 0.25) is 0 Å². The van der Waals surface area contributed by atoms with Crippen molar-refractivity contribution in [3.8, 4) is 0 Å². The van der Waals surface area contributed by atoms with E-state index in [4.69, 9.17) is 9.84 Å². The van der Waals surface area contributed by atoms with E-state index < -0.39 is 10.9 Å². The van der Waals surface area contributed by atoms with Crippen molar-refractivity contribution in [1.29, 1.82) is 0 Å². The Labute approximate surface area is 92.9 Å². The smallest absolute Gasteiger partial charge is 0.253 e. The zero-order valence-corrected chi connectivity index (χ0v) is 9.21. The van der Waals surface area contributed by atoms with Crippen molar-refractivity contribution in [2.24, 2.45) is 0 Å². The van der Waals surface area contributed by atoms with Crippen molar-refractivity contribution < 1.29 is 9.84 Å². The molecule has 6 nitrogen and oxygen atoms in total. The molecule has 0 aromatic heterocycles. The van der Waals surface area contributed by atoms with Gasteiger partial charge in [0.25, 0.3) is 10.9 Å². The summed E-state index contributed by atoms with van der Waals surface area (Å²) in [5, 5.41) is 14.2. The van der Waals surface area contributed by atoms with Crippen LogP contribution in [-0.4, -0.2) is 38.5 Å². The average molecular weight is 228 g/mol. The number of rotatable bonds is 8. The zero-order chi connectivity index (χ0) is 12.0. The van der Waals surface area contributed by atoms with Gasteiger partial charge in [0, 0.05) is 26.8 Å². The van der Waals surface area contributed by atoms with Gasteiger partial charge in [-0.05, 0) is 6.42 Å². The van der Waals surface area contributed by atoms with Crippen LogP contribution < -0.4 is 21.5 Å². The number of methoxy groups -OCH3 is 1. The maximum absolute atomic E-state index is 11.2. The van der Waals surface area contributed by atoms with Crippen LogP contribution >= 0.6 is 0 Å². The van der Waals surface area contributed by atoms with Gasteiger partial charge >= 0.3 is 0 Å². The SMILES string of the molecule is COCCCNc1c(NCCO)c(=O)c1=O. The van der Waals surface area contributed by atoms with Gasteiger partial charge in [-0.2, -0.15) is 0 Å². The topological polar surface area (TPSA) is 87.7 Å². The van der Waals surface area contributed by atoms with Crippen LogP contribution in [0.1, 0.15) is 6.42 Å². The molecule has 16 heavy (non-hydrogen) atoms. The normalized spacial score (nSPS) is 10.6. The number of aliphatic hydroxyl groups excluding tert-OH is 1. The first-order valence-corrected chi connectivity index (χ1v) is 5.13. The molecule has 0 radical (unpaired) electrons. The van der Waals surface area contributed by atoms with E-state index in [0.29, 0.717) is 18.8 Å². The minimum atomic E-state index is -0.525. The largest absolute Gasteiger partial charge is 0.395 e. The van der Waals surface area contributed by atoms with E-state index in [1.54, 1.807) is 7.11 Å². The highest BCUT2D eigenvalue weighted by molar-refractivity contribution is 5.73. The number of anilines is 2. The molecule has 1 aromatic carbocycles. The minimum absolute atomic E-state index is 0.0814. The molecule has 0 unspecified atom stereocenters. The van der Waals surface area contributed by atoms with Gasteiger partial charge in [0.1, 0.15) is 11.4 Å². The summed E-state index contributed by atoms with van der Waals surface area (Å²) >= 11 is 0. The Morgan fingerprint density at radius 1 is 1.12 bits per heavy atom. The van der Waals surface area contributed by atoms with Crippen molar-refractivity contribution in [1.82, 2.24) is 0 Å². The zero-order valence-electron chi connectivity index (χ0n) is 9.21. The van der Waals surface area contributed by atoms with Gasteiger partial charge in [-0.1, -0.05) is 0 Å². The van der Waals surface area contributed by atoms with Crippen LogP contribution in [0.25, 0.3) is 0 Å². The first-order valence-electron chi connectivity index (χ1n) is 5.13. The van der Waals surface area contributed by atoms with Gasteiger partial charge < -0.3 is 20.5 Å². The Morgan fingerprint density at radius 2 is 1.69 bits per heavy atom. The maximum Gasteiger partial charge on any atom is 0.253 e. The first kappa shape index (κ1) is 12.7. The summed E-state index contributed by atoms with van der Waals surface area (Å²) in [5.41, 5.74) is -0.438. The fourth-order valence-electron chi connectivity index (χ4n) is 1.34. The molecule has 1 aromatic rings. The Bertz CT molecular complexity index is 395. The number of ether oxygens (including phenoxy) is 1. The third-order valence-electron chi connectivity index (χ3n) is 2.15. The molecular formula is C10H16N2O4. The van der Waals surface area contributed by atoms with E-state index in [2.05, 4.69) is 10.6 Å². The van der Waals surface area contributed by atoms with Gasteiger partial charge in [0.15, 0.2) is 0 Å². The third kappa shape index (κ3) is 2.80. The minimum Gasteiger partial charge on any atom is -0.395 e. The van der Waals surface area contributed by atoms with Crippen LogP contribution in [0.4, 0.5) is 11.4 Å². The fraction of sp³-hybridized carbons (Fsp3) is 0.600. The van der Waals surface area contributed by atoms with E-state index in [9.17, 15) is 9.59 Å². The van der Waals surface area contributed by atoms with Crippen molar-refractivity contribution in [2.45, 2.75) is 6.42 Å². The van der Waals surface area contributed by atoms with E-state index in [0.717, 1.165) is 6.42 Å². The van der Waals surface area contributed by atoms with Crippen molar-refractivity contribution >= 4 is 11.4 Å². The van der Waals surface area contributed by atoms with E-state index in [-0.39, 0.29) is 18.8 Å². The molecule has 0 atom stereocenters. The van der Waals surface area contributed by atoms with Gasteiger partial charge in [-0.15, -0.1) is 0 Å². The summed E-state index contributed by atoms with van der Waals surface area (Å²) in [6.07, 6.45) is 0.759. The van der Waals surface area contributed by atoms with Gasteiger partial charge in [0.05, 0.1) is 6.61 Å². The number of aliphatic hydroxyl groups is 1. The third-order valence-corrected chi connectivity index (χ3v) is 2.15. The molecule has 0 saturated heterocycles. The number of nitrogens with one attached hydrogen (secondary N) is 2. The monoisotopic (exact) mass is 228 g/mol. The van der Waals surface area contributed by atoms with Crippen molar-refractivity contribution in [3.63, 3.8) is 0 Å². The lowest BCUT2D eigenvalue weighted by molar-refractivity contribution is 0.198. The highest BCUT2D eigenvalue weighted by Crippen LogP contribution is 2.13. The fourth-order valence-corrected chi connectivity index (χ4v) is 1.34. The molecule has 90 valence electrons. The quantitative estimate of drug-likeness (QED) is 0.396. The number of hydrogen-bond donors (Lipinski definition) is 3. The maximum atomic E-state index is 11.2. The molecule has 0 aliphatic heterocycles. The highest BCUT2D eigenvalue weighted by atomic mass is 16.5. The molecule has 0 aliphatic rings. The molecule has 0 aliphatic carbocycles. The second kappa shape index (κ2) is 6.24. The van der Waals surface area contributed by atoms with Crippen LogP contribution in [0, 0.1) is 0 Å². The molecule has 0 amide bonds. The van der Waals surface area contributed by atoms with Crippen LogP contribution in [0.15, 0.2) is 9.59 Å². The van der Waals surface area contributed by atoms with E-state index >= 15 is 0 Å². The van der Waals surface area contributed by atoms with Crippen molar-refractivity contribution in [3.05, 3.63) is 20.4 Å². The molecule has 1 rings (SSSR count). The summed E-state index contributed by atoms with van der Waals surface area (Å²) in [4.78, 5) is 22.3. The average Bonchev–Trinajstić information content (AvgIpc) is 2.31. The molecule has 0 spiro atoms. The van der Waals surface area contributed by atoms with E-state index in [1.165, 1.54) is 0 Å². The lowest BCUT2D eigenvalue weighted by atomic mass is 10.2. The molecule has 3 N–H and O–H groups in total. The van der Waals surface area contributed by atoms with Gasteiger partial charge in [-0.25, -0.2) is 0 Å². The Balaban J connectivity index is 2.49. The summed E-state index contributed by atoms with van der Waals surface area (Å²) in [6.45, 7) is 1.36. The number of hydrogen-bond acceptors (Lipinski definition) is 6. The second-order valence-corrected chi connectivity index (χ2v) is 3.33. The Hall–Kier alpha value is -1.40. The van der Waals surface area contributed by atoms with Crippen LogP contribution in [0.2, 0.25) is 0 Å². The van der Waals surface area contributed by atoms with Crippen molar-refractivity contribution in [2.75, 3.05) is 44.0 Å². The lowest BCUT2D eigenvalue weighted by Gasteiger charge is -2.13. The predicted octanol–water partition coefficient (Wildman–Crippen LogP) is -0.865. The lowest BCUT2D eigenvalue weighted by Crippen LogP contribution is -2.38. The molecule has 0 fully saturated rings. The Kier molecular flexibility index (Phi) is 4.94. The molecular weight excluding hydrogens is 212 g/mol. The summed E-state index contributed by atoms with van der Waals surface area (Å²) < 4.78 is 4.86.